The SMILES string of the molecule is C[C@H](Nc1nc(-c2c[nH]c3ncc(F)cc23)nc(C#CC(C)(C)C)c1F)[C@H](C)C(=O)O. The zero-order chi connectivity index (χ0) is 22.9. The van der Waals surface area contributed by atoms with Gasteiger partial charge in [-0.3, -0.25) is 4.79 Å². The Hall–Kier alpha value is -3.54. The Morgan fingerprint density at radius 1 is 1.26 bits per heavy atom. The van der Waals surface area contributed by atoms with Gasteiger partial charge in [0.1, 0.15) is 11.5 Å². The van der Waals surface area contributed by atoms with E-state index in [2.05, 4.69) is 37.1 Å². The number of H-pyrrole nitrogens is 1. The number of aromatic amines is 1. The van der Waals surface area contributed by atoms with Crippen LogP contribution in [-0.4, -0.2) is 37.1 Å². The number of carbonyl (C=O) groups is 1. The van der Waals surface area contributed by atoms with Crippen molar-refractivity contribution < 1.29 is 18.7 Å². The van der Waals surface area contributed by atoms with Gasteiger partial charge in [0, 0.05) is 28.6 Å². The maximum Gasteiger partial charge on any atom is 0.308 e. The lowest BCUT2D eigenvalue weighted by Gasteiger charge is -2.19. The third kappa shape index (κ3) is 4.97. The van der Waals surface area contributed by atoms with Gasteiger partial charge in [-0.15, -0.1) is 0 Å². The van der Waals surface area contributed by atoms with Crippen molar-refractivity contribution in [1.82, 2.24) is 19.9 Å². The summed E-state index contributed by atoms with van der Waals surface area (Å²) in [4.78, 5) is 26.7. The number of pyridine rings is 1. The fourth-order valence-corrected chi connectivity index (χ4v) is 2.71. The Morgan fingerprint density at radius 2 is 1.97 bits per heavy atom. The van der Waals surface area contributed by atoms with E-state index >= 15 is 4.39 Å². The van der Waals surface area contributed by atoms with Crippen LogP contribution in [0.25, 0.3) is 22.4 Å². The van der Waals surface area contributed by atoms with Gasteiger partial charge in [-0.25, -0.2) is 19.3 Å². The lowest BCUT2D eigenvalue weighted by Crippen LogP contribution is -2.30. The minimum absolute atomic E-state index is 0.107. The van der Waals surface area contributed by atoms with Crippen LogP contribution in [0.4, 0.5) is 14.6 Å². The Labute approximate surface area is 178 Å². The van der Waals surface area contributed by atoms with E-state index in [0.29, 0.717) is 16.6 Å². The lowest BCUT2D eigenvalue weighted by atomic mass is 9.98. The second-order valence-electron chi connectivity index (χ2n) is 8.37. The maximum atomic E-state index is 15.2. The number of carboxylic acids is 1. The number of hydrogen-bond acceptors (Lipinski definition) is 5. The summed E-state index contributed by atoms with van der Waals surface area (Å²) in [5.74, 6) is 2.47. The molecule has 7 nitrogen and oxygen atoms in total. The molecule has 0 saturated carbocycles. The van der Waals surface area contributed by atoms with Crippen LogP contribution in [0.3, 0.4) is 0 Å². The highest BCUT2D eigenvalue weighted by atomic mass is 19.1. The smallest absolute Gasteiger partial charge is 0.308 e. The highest BCUT2D eigenvalue weighted by Gasteiger charge is 2.23. The second-order valence-corrected chi connectivity index (χ2v) is 8.37. The molecule has 0 aliphatic carbocycles. The van der Waals surface area contributed by atoms with Crippen molar-refractivity contribution >= 4 is 22.8 Å². The summed E-state index contributed by atoms with van der Waals surface area (Å²) in [6, 6.07) is 0.657. The minimum Gasteiger partial charge on any atom is -0.481 e. The molecule has 3 N–H and O–H groups in total. The van der Waals surface area contributed by atoms with Gasteiger partial charge in [0.25, 0.3) is 0 Å². The number of anilines is 1. The molecular formula is C22H23F2N5O2. The predicted octanol–water partition coefficient (Wildman–Crippen LogP) is 4.22. The molecule has 3 aromatic heterocycles. The number of aliphatic carboxylic acids is 1. The lowest BCUT2D eigenvalue weighted by molar-refractivity contribution is -0.141. The number of fused-ring (bicyclic) bond motifs is 1. The largest absolute Gasteiger partial charge is 0.481 e. The zero-order valence-electron chi connectivity index (χ0n) is 17.8. The molecule has 0 aliphatic heterocycles. The molecule has 3 aromatic rings. The number of halogens is 2. The number of aromatic nitrogens is 4. The van der Waals surface area contributed by atoms with Crippen LogP contribution in [0.1, 0.15) is 40.3 Å². The van der Waals surface area contributed by atoms with Gasteiger partial charge in [0.15, 0.2) is 23.2 Å². The minimum atomic E-state index is -1.03. The standard InChI is InChI=1S/C22H23F2N5O2/c1-11(21(30)31)12(2)27-20-17(24)16(6-7-22(3,4)5)28-19(29-20)15-10-26-18-14(15)8-13(23)9-25-18/h8-12H,1-5H3,(H,25,26)(H,30,31)(H,27,28,29)/t11-,12-/m0/s1. The van der Waals surface area contributed by atoms with E-state index < -0.39 is 35.0 Å². The predicted molar refractivity (Wildman–Crippen MR) is 113 cm³/mol. The molecule has 0 radical (unpaired) electrons. The summed E-state index contributed by atoms with van der Waals surface area (Å²) in [6.45, 7) is 8.76. The van der Waals surface area contributed by atoms with Crippen molar-refractivity contribution in [2.75, 3.05) is 5.32 Å². The first-order valence-corrected chi connectivity index (χ1v) is 9.69. The molecule has 0 saturated heterocycles. The van der Waals surface area contributed by atoms with Gasteiger partial charge in [0.2, 0.25) is 0 Å². The molecular weight excluding hydrogens is 404 g/mol. The van der Waals surface area contributed by atoms with Gasteiger partial charge in [-0.1, -0.05) is 5.92 Å². The Morgan fingerprint density at radius 3 is 2.61 bits per heavy atom. The summed E-state index contributed by atoms with van der Waals surface area (Å²) < 4.78 is 28.9. The molecule has 0 fully saturated rings. The molecule has 2 atom stereocenters. The van der Waals surface area contributed by atoms with Crippen LogP contribution >= 0.6 is 0 Å². The van der Waals surface area contributed by atoms with E-state index in [4.69, 9.17) is 0 Å². The van der Waals surface area contributed by atoms with Gasteiger partial charge in [0.05, 0.1) is 12.1 Å². The van der Waals surface area contributed by atoms with E-state index in [1.54, 1.807) is 13.1 Å². The first-order valence-electron chi connectivity index (χ1n) is 9.69. The number of nitrogens with zero attached hydrogens (tertiary/aromatic N) is 3. The summed E-state index contributed by atoms with van der Waals surface area (Å²) in [7, 11) is 0. The molecule has 0 amide bonds. The fourth-order valence-electron chi connectivity index (χ4n) is 2.71. The molecule has 0 spiro atoms. The summed E-state index contributed by atoms with van der Waals surface area (Å²) in [6.07, 6.45) is 2.63. The van der Waals surface area contributed by atoms with E-state index in [0.717, 1.165) is 6.20 Å². The van der Waals surface area contributed by atoms with Crippen LogP contribution in [-0.2, 0) is 4.79 Å². The van der Waals surface area contributed by atoms with Crippen LogP contribution in [0.5, 0.6) is 0 Å². The quantitative estimate of drug-likeness (QED) is 0.527. The highest BCUT2D eigenvalue weighted by molar-refractivity contribution is 5.91. The van der Waals surface area contributed by atoms with Crippen molar-refractivity contribution in [2.24, 2.45) is 11.3 Å². The molecule has 0 aromatic carbocycles. The third-order valence-corrected chi connectivity index (χ3v) is 4.65. The number of hydrogen-bond donors (Lipinski definition) is 3. The summed E-state index contributed by atoms with van der Waals surface area (Å²) in [5.41, 5.74) is 0.303. The first kappa shape index (κ1) is 22.2. The van der Waals surface area contributed by atoms with Crippen LogP contribution in [0, 0.1) is 34.8 Å². The molecule has 3 heterocycles. The average Bonchev–Trinajstić information content (AvgIpc) is 3.10. The second kappa shape index (κ2) is 8.30. The third-order valence-electron chi connectivity index (χ3n) is 4.65. The van der Waals surface area contributed by atoms with E-state index in [9.17, 15) is 14.3 Å². The Bertz CT molecular complexity index is 1200. The Balaban J connectivity index is 2.17. The van der Waals surface area contributed by atoms with E-state index in [-0.39, 0.29) is 17.3 Å². The van der Waals surface area contributed by atoms with Crippen LogP contribution < -0.4 is 5.32 Å². The van der Waals surface area contributed by atoms with Crippen LogP contribution in [0.2, 0.25) is 0 Å². The number of nitrogens with one attached hydrogen (secondary N) is 2. The molecule has 162 valence electrons. The molecule has 9 heteroatoms. The van der Waals surface area contributed by atoms with Gasteiger partial charge >= 0.3 is 5.97 Å². The van der Waals surface area contributed by atoms with E-state index in [1.807, 2.05) is 20.8 Å². The molecule has 0 unspecified atom stereocenters. The Kier molecular flexibility index (Phi) is 5.93. The maximum absolute atomic E-state index is 15.2. The van der Waals surface area contributed by atoms with Crippen molar-refractivity contribution in [3.63, 3.8) is 0 Å². The van der Waals surface area contributed by atoms with E-state index in [1.165, 1.54) is 13.0 Å². The zero-order valence-corrected chi connectivity index (χ0v) is 17.8. The van der Waals surface area contributed by atoms with Gasteiger partial charge in [-0.2, -0.15) is 4.39 Å². The topological polar surface area (TPSA) is 104 Å². The molecule has 0 aliphatic rings. The van der Waals surface area contributed by atoms with Crippen molar-refractivity contribution in [2.45, 2.75) is 40.7 Å². The van der Waals surface area contributed by atoms with Crippen molar-refractivity contribution in [3.8, 4) is 23.2 Å². The number of carboxylic acid groups (broad SMARTS) is 1. The van der Waals surface area contributed by atoms with Gasteiger partial charge in [-0.05, 0) is 46.6 Å². The van der Waals surface area contributed by atoms with Crippen LogP contribution in [0.15, 0.2) is 18.5 Å². The normalized spacial score (nSPS) is 13.4. The number of rotatable bonds is 5. The van der Waals surface area contributed by atoms with Crippen molar-refractivity contribution in [1.29, 1.82) is 0 Å². The van der Waals surface area contributed by atoms with Gasteiger partial charge < -0.3 is 15.4 Å². The van der Waals surface area contributed by atoms with Crippen molar-refractivity contribution in [3.05, 3.63) is 35.8 Å². The molecule has 31 heavy (non-hydrogen) atoms. The summed E-state index contributed by atoms with van der Waals surface area (Å²) >= 11 is 0. The molecule has 0 bridgehead atoms. The summed E-state index contributed by atoms with van der Waals surface area (Å²) in [5, 5.41) is 12.5. The highest BCUT2D eigenvalue weighted by Crippen LogP contribution is 2.28. The monoisotopic (exact) mass is 427 g/mol. The fraction of sp³-hybridized carbons (Fsp3) is 0.364. The first-order chi connectivity index (χ1) is 14.5. The molecule has 3 rings (SSSR count). The average molecular weight is 427 g/mol.